The van der Waals surface area contributed by atoms with Crippen molar-refractivity contribution < 1.29 is 4.74 Å². The van der Waals surface area contributed by atoms with Crippen molar-refractivity contribution in [3.8, 4) is 5.75 Å². The lowest BCUT2D eigenvalue weighted by molar-refractivity contribution is 0.352. The van der Waals surface area contributed by atoms with Gasteiger partial charge < -0.3 is 15.0 Å². The summed E-state index contributed by atoms with van der Waals surface area (Å²) >= 11 is 6.12. The molecule has 100 valence electrons. The van der Waals surface area contributed by atoms with Crippen molar-refractivity contribution in [3.63, 3.8) is 0 Å². The first kappa shape index (κ1) is 13.7. The number of rotatable bonds is 6. The van der Waals surface area contributed by atoms with Gasteiger partial charge in [-0.2, -0.15) is 0 Å². The lowest BCUT2D eigenvalue weighted by Gasteiger charge is -2.12. The molecule has 2 rings (SSSR count). The number of benzene rings is 1. The third-order valence-electron chi connectivity index (χ3n) is 3.10. The van der Waals surface area contributed by atoms with Crippen LogP contribution in [0.25, 0.3) is 0 Å². The molecule has 3 nitrogen and oxygen atoms in total. The van der Waals surface area contributed by atoms with Crippen LogP contribution >= 0.6 is 11.6 Å². The van der Waals surface area contributed by atoms with E-state index in [2.05, 4.69) is 24.3 Å². The Morgan fingerprint density at radius 1 is 1.39 bits per heavy atom. The molecule has 0 aliphatic carbocycles. The Morgan fingerprint density at radius 2 is 2.22 bits per heavy atom. The quantitative estimate of drug-likeness (QED) is 0.802. The Balaban J connectivity index is 1.86. The van der Waals surface area contributed by atoms with Gasteiger partial charge >= 0.3 is 0 Å². The van der Waals surface area contributed by atoms with Gasteiger partial charge in [0.05, 0.1) is 6.61 Å². The topological polar surface area (TPSA) is 24.5 Å². The van der Waals surface area contributed by atoms with Crippen LogP contribution in [0.4, 0.5) is 0 Å². The van der Waals surface area contributed by atoms with Gasteiger partial charge in [-0.05, 0) is 51.3 Å². The lowest BCUT2D eigenvalue weighted by Crippen LogP contribution is -2.21. The smallest absolute Gasteiger partial charge is 0.127 e. The Labute approximate surface area is 114 Å². The summed E-state index contributed by atoms with van der Waals surface area (Å²) in [4.78, 5) is 2.20. The van der Waals surface area contributed by atoms with Gasteiger partial charge in [-0.3, -0.25) is 0 Å². The Kier molecular flexibility index (Phi) is 4.87. The van der Waals surface area contributed by atoms with E-state index in [0.29, 0.717) is 0 Å². The second kappa shape index (κ2) is 6.41. The van der Waals surface area contributed by atoms with Crippen molar-refractivity contribution in [2.75, 3.05) is 33.8 Å². The largest absolute Gasteiger partial charge is 0.493 e. The van der Waals surface area contributed by atoms with E-state index in [4.69, 9.17) is 16.3 Å². The average Bonchev–Trinajstić information content (AvgIpc) is 2.75. The van der Waals surface area contributed by atoms with Crippen molar-refractivity contribution in [1.29, 1.82) is 0 Å². The van der Waals surface area contributed by atoms with E-state index >= 15 is 0 Å². The molecule has 1 aliphatic heterocycles. The number of nitrogens with one attached hydrogen (secondary N) is 1. The van der Waals surface area contributed by atoms with Crippen molar-refractivity contribution in [2.45, 2.75) is 19.4 Å². The number of hydrogen-bond acceptors (Lipinski definition) is 3. The predicted octanol–water partition coefficient (Wildman–Crippen LogP) is 2.32. The molecule has 0 amide bonds. The van der Waals surface area contributed by atoms with Gasteiger partial charge in [0.1, 0.15) is 5.75 Å². The molecule has 0 bridgehead atoms. The van der Waals surface area contributed by atoms with Crippen LogP contribution in [-0.4, -0.2) is 38.7 Å². The van der Waals surface area contributed by atoms with Gasteiger partial charge in [0.15, 0.2) is 0 Å². The third-order valence-corrected chi connectivity index (χ3v) is 3.32. The molecule has 1 N–H and O–H groups in total. The molecule has 1 aromatic carbocycles. The second-order valence-electron chi connectivity index (χ2n) is 4.99. The summed E-state index contributed by atoms with van der Waals surface area (Å²) < 4.78 is 5.67. The van der Waals surface area contributed by atoms with Gasteiger partial charge in [0.2, 0.25) is 0 Å². The highest BCUT2D eigenvalue weighted by molar-refractivity contribution is 6.30. The van der Waals surface area contributed by atoms with Crippen molar-refractivity contribution >= 4 is 11.6 Å². The normalized spacial score (nSPS) is 13.8. The van der Waals surface area contributed by atoms with Crippen molar-refractivity contribution in [1.82, 2.24) is 10.2 Å². The number of ether oxygens (including phenoxy) is 1. The molecule has 0 unspecified atom stereocenters. The van der Waals surface area contributed by atoms with Crippen LogP contribution in [0.1, 0.15) is 17.5 Å². The molecule has 0 aromatic heterocycles. The zero-order chi connectivity index (χ0) is 13.0. The van der Waals surface area contributed by atoms with E-state index in [1.54, 1.807) is 0 Å². The molecule has 1 heterocycles. The maximum Gasteiger partial charge on any atom is 0.127 e. The summed E-state index contributed by atoms with van der Waals surface area (Å²) in [5, 5.41) is 4.26. The summed E-state index contributed by atoms with van der Waals surface area (Å²) in [5.74, 6) is 1.04. The number of halogens is 1. The molecule has 0 atom stereocenters. The fourth-order valence-corrected chi connectivity index (χ4v) is 2.48. The molecule has 0 saturated carbocycles. The molecule has 0 radical (unpaired) electrons. The first-order chi connectivity index (χ1) is 8.66. The van der Waals surface area contributed by atoms with Crippen LogP contribution in [-0.2, 0) is 13.0 Å². The van der Waals surface area contributed by atoms with Gasteiger partial charge in [-0.15, -0.1) is 0 Å². The number of fused-ring (bicyclic) bond motifs is 1. The highest BCUT2D eigenvalue weighted by atomic mass is 35.5. The van der Waals surface area contributed by atoms with Crippen molar-refractivity contribution in [3.05, 3.63) is 28.3 Å². The molecule has 0 saturated heterocycles. The minimum Gasteiger partial charge on any atom is -0.493 e. The minimum atomic E-state index is 0.781. The SMILES string of the molecule is CN(C)CCCNCc1cc(Cl)cc2c1OCC2. The van der Waals surface area contributed by atoms with Gasteiger partial charge in [0, 0.05) is 23.6 Å². The van der Waals surface area contributed by atoms with E-state index in [0.717, 1.165) is 49.9 Å². The van der Waals surface area contributed by atoms with Crippen molar-refractivity contribution in [2.24, 2.45) is 0 Å². The minimum absolute atomic E-state index is 0.781. The number of nitrogens with zero attached hydrogens (tertiary/aromatic N) is 1. The summed E-state index contributed by atoms with van der Waals surface area (Å²) in [6.07, 6.45) is 2.13. The highest BCUT2D eigenvalue weighted by Gasteiger charge is 2.16. The predicted molar refractivity (Wildman–Crippen MR) is 75.5 cm³/mol. The van der Waals surface area contributed by atoms with E-state index in [1.165, 1.54) is 11.1 Å². The fourth-order valence-electron chi connectivity index (χ4n) is 2.22. The summed E-state index contributed by atoms with van der Waals surface area (Å²) in [6, 6.07) is 4.02. The standard InChI is InChI=1S/C14H21ClN2O/c1-17(2)6-3-5-16-10-12-9-13(15)8-11-4-7-18-14(11)12/h8-9,16H,3-7,10H2,1-2H3. The van der Waals surface area contributed by atoms with Gasteiger partial charge in [0.25, 0.3) is 0 Å². The van der Waals surface area contributed by atoms with Crippen LogP contribution in [0, 0.1) is 0 Å². The fraction of sp³-hybridized carbons (Fsp3) is 0.571. The van der Waals surface area contributed by atoms with E-state index in [1.807, 2.05) is 12.1 Å². The number of hydrogen-bond donors (Lipinski definition) is 1. The maximum atomic E-state index is 6.12. The van der Waals surface area contributed by atoms with Crippen LogP contribution in [0.5, 0.6) is 5.75 Å². The maximum absolute atomic E-state index is 6.12. The van der Waals surface area contributed by atoms with E-state index in [-0.39, 0.29) is 0 Å². The van der Waals surface area contributed by atoms with Gasteiger partial charge in [-0.1, -0.05) is 11.6 Å². The van der Waals surface area contributed by atoms with Crippen LogP contribution in [0.3, 0.4) is 0 Å². The monoisotopic (exact) mass is 268 g/mol. The van der Waals surface area contributed by atoms with Crippen LogP contribution in [0.15, 0.2) is 12.1 Å². The van der Waals surface area contributed by atoms with E-state index in [9.17, 15) is 0 Å². The van der Waals surface area contributed by atoms with Crippen LogP contribution < -0.4 is 10.1 Å². The highest BCUT2D eigenvalue weighted by Crippen LogP contribution is 2.32. The third kappa shape index (κ3) is 3.61. The Hall–Kier alpha value is -0.770. The molecule has 0 fully saturated rings. The molecule has 4 heteroatoms. The average molecular weight is 269 g/mol. The Morgan fingerprint density at radius 3 is 3.00 bits per heavy atom. The molecule has 18 heavy (non-hydrogen) atoms. The van der Waals surface area contributed by atoms with Crippen LogP contribution in [0.2, 0.25) is 5.02 Å². The van der Waals surface area contributed by atoms with E-state index < -0.39 is 0 Å². The summed E-state index contributed by atoms with van der Waals surface area (Å²) in [6.45, 7) is 3.73. The Bertz CT molecular complexity index is 407. The summed E-state index contributed by atoms with van der Waals surface area (Å²) in [5.41, 5.74) is 2.42. The zero-order valence-electron chi connectivity index (χ0n) is 11.1. The molecule has 0 spiro atoms. The first-order valence-corrected chi connectivity index (χ1v) is 6.84. The zero-order valence-corrected chi connectivity index (χ0v) is 11.9. The second-order valence-corrected chi connectivity index (χ2v) is 5.42. The molecular formula is C14H21ClN2O. The van der Waals surface area contributed by atoms with Gasteiger partial charge in [-0.25, -0.2) is 0 Å². The lowest BCUT2D eigenvalue weighted by atomic mass is 10.1. The molecule has 1 aromatic rings. The molecular weight excluding hydrogens is 248 g/mol. The summed E-state index contributed by atoms with van der Waals surface area (Å²) in [7, 11) is 4.19. The first-order valence-electron chi connectivity index (χ1n) is 6.46. The molecule has 1 aliphatic rings.